The largest absolute Gasteiger partial charge is 0.496 e. The molecule has 3 nitrogen and oxygen atoms in total. The summed E-state index contributed by atoms with van der Waals surface area (Å²) in [4.78, 5) is 5.94. The number of ether oxygens (including phenoxy) is 1. The van der Waals surface area contributed by atoms with E-state index in [9.17, 15) is 0 Å². The minimum atomic E-state index is 0.0301. The number of hydrogen-bond donors (Lipinski definition) is 1. The lowest BCUT2D eigenvalue weighted by Crippen LogP contribution is -2.05. The van der Waals surface area contributed by atoms with Crippen LogP contribution in [0.4, 0.5) is 0 Å². The van der Waals surface area contributed by atoms with Crippen LogP contribution in [0, 0.1) is 0 Å². The number of nitrogens with zero attached hydrogens (tertiary/aromatic N) is 1. The third-order valence-corrected chi connectivity index (χ3v) is 4.30. The van der Waals surface area contributed by atoms with Gasteiger partial charge in [0, 0.05) is 10.9 Å². The van der Waals surface area contributed by atoms with Crippen molar-refractivity contribution in [2.75, 3.05) is 7.11 Å². The lowest BCUT2D eigenvalue weighted by Gasteiger charge is -2.04. The molecule has 0 aliphatic carbocycles. The van der Waals surface area contributed by atoms with Gasteiger partial charge in [-0.2, -0.15) is 0 Å². The number of hydrogen-bond acceptors (Lipinski definition) is 4. The van der Waals surface area contributed by atoms with Gasteiger partial charge in [-0.1, -0.05) is 25.5 Å². The van der Waals surface area contributed by atoms with E-state index in [2.05, 4.69) is 6.92 Å². The molecule has 1 atom stereocenters. The Morgan fingerprint density at radius 3 is 2.74 bits per heavy atom. The van der Waals surface area contributed by atoms with Crippen molar-refractivity contribution in [1.29, 1.82) is 0 Å². The van der Waals surface area contributed by atoms with Crippen LogP contribution in [-0.4, -0.2) is 12.1 Å². The topological polar surface area (TPSA) is 48.1 Å². The Morgan fingerprint density at radius 2 is 2.11 bits per heavy atom. The summed E-state index contributed by atoms with van der Waals surface area (Å²) in [5.41, 5.74) is 8.22. The fourth-order valence-electron chi connectivity index (χ4n) is 2.07. The highest BCUT2D eigenvalue weighted by molar-refractivity contribution is 7.15. The SMILES string of the molecule is CCCc1nc(-c2ccccc2OC)sc1C(C)N. The van der Waals surface area contributed by atoms with Crippen molar-refractivity contribution in [1.82, 2.24) is 4.98 Å². The molecule has 0 spiro atoms. The molecule has 0 saturated carbocycles. The number of methoxy groups -OCH3 is 1. The monoisotopic (exact) mass is 276 g/mol. The summed E-state index contributed by atoms with van der Waals surface area (Å²) in [5, 5.41) is 0.994. The van der Waals surface area contributed by atoms with Gasteiger partial charge in [-0.05, 0) is 25.5 Å². The van der Waals surface area contributed by atoms with E-state index in [1.165, 1.54) is 4.88 Å². The van der Waals surface area contributed by atoms with Gasteiger partial charge in [0.15, 0.2) is 0 Å². The number of aryl methyl sites for hydroxylation is 1. The zero-order chi connectivity index (χ0) is 13.8. The molecule has 1 heterocycles. The Bertz CT molecular complexity index is 549. The normalized spacial score (nSPS) is 12.4. The number of thiazole rings is 1. The van der Waals surface area contributed by atoms with Gasteiger partial charge in [-0.3, -0.25) is 0 Å². The van der Waals surface area contributed by atoms with Crippen LogP contribution in [0.25, 0.3) is 10.6 Å². The summed E-state index contributed by atoms with van der Waals surface area (Å²) in [6.07, 6.45) is 2.05. The molecular weight excluding hydrogens is 256 g/mol. The van der Waals surface area contributed by atoms with E-state index in [1.807, 2.05) is 31.2 Å². The van der Waals surface area contributed by atoms with E-state index in [0.29, 0.717) is 0 Å². The minimum Gasteiger partial charge on any atom is -0.496 e. The third kappa shape index (κ3) is 2.96. The summed E-state index contributed by atoms with van der Waals surface area (Å²) in [6, 6.07) is 8.00. The van der Waals surface area contributed by atoms with Crippen molar-refractivity contribution in [2.24, 2.45) is 5.73 Å². The molecule has 0 aliphatic heterocycles. The Labute approximate surface area is 118 Å². The van der Waals surface area contributed by atoms with Gasteiger partial charge in [0.2, 0.25) is 0 Å². The average molecular weight is 276 g/mol. The number of nitrogens with two attached hydrogens (primary N) is 1. The first-order valence-electron chi connectivity index (χ1n) is 6.56. The predicted octanol–water partition coefficient (Wildman–Crippen LogP) is 3.79. The maximum absolute atomic E-state index is 6.05. The van der Waals surface area contributed by atoms with Crippen molar-refractivity contribution in [3.63, 3.8) is 0 Å². The molecule has 0 aliphatic rings. The fourth-order valence-corrected chi connectivity index (χ4v) is 3.17. The lowest BCUT2D eigenvalue weighted by molar-refractivity contribution is 0.416. The van der Waals surface area contributed by atoms with Crippen LogP contribution in [0.3, 0.4) is 0 Å². The Hall–Kier alpha value is -1.39. The van der Waals surface area contributed by atoms with Gasteiger partial charge in [0.25, 0.3) is 0 Å². The first-order chi connectivity index (χ1) is 9.17. The van der Waals surface area contributed by atoms with Gasteiger partial charge in [0.05, 0.1) is 18.4 Å². The summed E-state index contributed by atoms with van der Waals surface area (Å²) in [7, 11) is 1.69. The quantitative estimate of drug-likeness (QED) is 0.903. The number of para-hydroxylation sites is 1. The van der Waals surface area contributed by atoms with Crippen molar-refractivity contribution in [2.45, 2.75) is 32.7 Å². The van der Waals surface area contributed by atoms with Gasteiger partial charge in [-0.15, -0.1) is 11.3 Å². The molecule has 2 N–H and O–H groups in total. The highest BCUT2D eigenvalue weighted by atomic mass is 32.1. The average Bonchev–Trinajstić information content (AvgIpc) is 2.83. The Morgan fingerprint density at radius 1 is 1.37 bits per heavy atom. The van der Waals surface area contributed by atoms with Crippen LogP contribution in [0.1, 0.15) is 36.9 Å². The summed E-state index contributed by atoms with van der Waals surface area (Å²) in [6.45, 7) is 4.17. The molecule has 0 saturated heterocycles. The first-order valence-corrected chi connectivity index (χ1v) is 7.37. The van der Waals surface area contributed by atoms with E-state index in [1.54, 1.807) is 18.4 Å². The molecule has 0 radical (unpaired) electrons. The Balaban J connectivity index is 2.48. The molecule has 19 heavy (non-hydrogen) atoms. The van der Waals surface area contributed by atoms with E-state index < -0.39 is 0 Å². The molecule has 0 amide bonds. The van der Waals surface area contributed by atoms with Crippen molar-refractivity contribution in [3.05, 3.63) is 34.8 Å². The van der Waals surface area contributed by atoms with Gasteiger partial charge in [-0.25, -0.2) is 4.98 Å². The number of aromatic nitrogens is 1. The molecule has 0 bridgehead atoms. The van der Waals surface area contributed by atoms with Crippen LogP contribution < -0.4 is 10.5 Å². The van der Waals surface area contributed by atoms with E-state index in [0.717, 1.165) is 34.9 Å². The van der Waals surface area contributed by atoms with Crippen LogP contribution >= 0.6 is 11.3 Å². The van der Waals surface area contributed by atoms with Gasteiger partial charge >= 0.3 is 0 Å². The smallest absolute Gasteiger partial charge is 0.129 e. The van der Waals surface area contributed by atoms with Gasteiger partial charge < -0.3 is 10.5 Å². The summed E-state index contributed by atoms with van der Waals surface area (Å²) < 4.78 is 5.40. The number of benzene rings is 1. The molecule has 102 valence electrons. The zero-order valence-corrected chi connectivity index (χ0v) is 12.5. The molecule has 2 aromatic rings. The predicted molar refractivity (Wildman–Crippen MR) is 80.7 cm³/mol. The van der Waals surface area contributed by atoms with E-state index >= 15 is 0 Å². The molecule has 1 aromatic carbocycles. The van der Waals surface area contributed by atoms with E-state index in [4.69, 9.17) is 15.5 Å². The first kappa shape index (κ1) is 14.0. The summed E-state index contributed by atoms with van der Waals surface area (Å²) in [5.74, 6) is 0.857. The maximum Gasteiger partial charge on any atom is 0.129 e. The molecule has 1 unspecified atom stereocenters. The van der Waals surface area contributed by atoms with Crippen LogP contribution in [0.5, 0.6) is 5.75 Å². The maximum atomic E-state index is 6.05. The highest BCUT2D eigenvalue weighted by Gasteiger charge is 2.16. The van der Waals surface area contributed by atoms with Crippen LogP contribution in [-0.2, 0) is 6.42 Å². The zero-order valence-electron chi connectivity index (χ0n) is 11.6. The van der Waals surface area contributed by atoms with E-state index in [-0.39, 0.29) is 6.04 Å². The van der Waals surface area contributed by atoms with Crippen LogP contribution in [0.15, 0.2) is 24.3 Å². The second-order valence-corrected chi connectivity index (χ2v) is 5.60. The fraction of sp³-hybridized carbons (Fsp3) is 0.400. The molecule has 2 rings (SSSR count). The molecule has 1 aromatic heterocycles. The second-order valence-electron chi connectivity index (χ2n) is 4.57. The molecule has 0 fully saturated rings. The Kier molecular flexibility index (Phi) is 4.56. The third-order valence-electron chi connectivity index (χ3n) is 2.97. The van der Waals surface area contributed by atoms with Crippen LogP contribution in [0.2, 0.25) is 0 Å². The van der Waals surface area contributed by atoms with Gasteiger partial charge in [0.1, 0.15) is 10.8 Å². The van der Waals surface area contributed by atoms with Crippen molar-refractivity contribution >= 4 is 11.3 Å². The molecule has 4 heteroatoms. The molecular formula is C15H20N2OS. The lowest BCUT2D eigenvalue weighted by atomic mass is 10.1. The van der Waals surface area contributed by atoms with Crippen molar-refractivity contribution < 1.29 is 4.74 Å². The minimum absolute atomic E-state index is 0.0301. The van der Waals surface area contributed by atoms with Crippen molar-refractivity contribution in [3.8, 4) is 16.3 Å². The highest BCUT2D eigenvalue weighted by Crippen LogP contribution is 2.36. The second kappa shape index (κ2) is 6.17. The standard InChI is InChI=1S/C15H20N2OS/c1-4-7-12-14(10(2)16)19-15(17-12)11-8-5-6-9-13(11)18-3/h5-6,8-10H,4,7,16H2,1-3H3. The summed E-state index contributed by atoms with van der Waals surface area (Å²) >= 11 is 1.67. The number of rotatable bonds is 5.